The van der Waals surface area contributed by atoms with Crippen LogP contribution >= 0.6 is 0 Å². The molecule has 1 aliphatic rings. The van der Waals surface area contributed by atoms with Crippen LogP contribution < -0.4 is 4.74 Å². The average molecular weight is 232 g/mol. The van der Waals surface area contributed by atoms with Crippen molar-refractivity contribution in [3.8, 4) is 5.75 Å². The van der Waals surface area contributed by atoms with Crippen LogP contribution in [0.25, 0.3) is 0 Å². The minimum absolute atomic E-state index is 0.546. The van der Waals surface area contributed by atoms with Gasteiger partial charge in [0.2, 0.25) is 0 Å². The van der Waals surface area contributed by atoms with Gasteiger partial charge in [0.15, 0.2) is 0 Å². The fourth-order valence-corrected chi connectivity index (χ4v) is 1.83. The van der Waals surface area contributed by atoms with E-state index in [-0.39, 0.29) is 0 Å². The first-order chi connectivity index (χ1) is 8.16. The van der Waals surface area contributed by atoms with E-state index in [9.17, 15) is 0 Å². The molecule has 17 heavy (non-hydrogen) atoms. The van der Waals surface area contributed by atoms with Crippen LogP contribution in [0.5, 0.6) is 5.75 Å². The maximum absolute atomic E-state index is 5.73. The molecule has 0 fully saturated rings. The first kappa shape index (κ1) is 12.0. The van der Waals surface area contributed by atoms with Crippen LogP contribution in [0.3, 0.4) is 0 Å². The summed E-state index contributed by atoms with van der Waals surface area (Å²) >= 11 is 0. The van der Waals surface area contributed by atoms with Gasteiger partial charge >= 0.3 is 0 Å². The fourth-order valence-electron chi connectivity index (χ4n) is 1.83. The number of rotatable bonds is 4. The lowest BCUT2D eigenvalue weighted by molar-refractivity contribution is 0.271. The van der Waals surface area contributed by atoms with E-state index < -0.39 is 0 Å². The van der Waals surface area contributed by atoms with Crippen molar-refractivity contribution < 1.29 is 4.74 Å². The number of nitrogens with zero attached hydrogens (tertiary/aromatic N) is 2. The summed E-state index contributed by atoms with van der Waals surface area (Å²) in [5, 5.41) is 0. The summed E-state index contributed by atoms with van der Waals surface area (Å²) in [7, 11) is 2.08. The molecule has 92 valence electrons. The average Bonchev–Trinajstić information content (AvgIpc) is 2.73. The van der Waals surface area contributed by atoms with E-state index in [1.54, 1.807) is 0 Å². The zero-order chi connectivity index (χ0) is 12.3. The number of aliphatic imine (C=N–C) groups is 1. The third kappa shape index (κ3) is 2.99. The third-order valence-corrected chi connectivity index (χ3v) is 2.73. The lowest BCUT2D eigenvalue weighted by Gasteiger charge is -2.15. The monoisotopic (exact) mass is 232 g/mol. The predicted octanol–water partition coefficient (Wildman–Crippen LogP) is 2.41. The van der Waals surface area contributed by atoms with Gasteiger partial charge in [0.05, 0.1) is 13.2 Å². The van der Waals surface area contributed by atoms with Gasteiger partial charge in [-0.15, -0.1) is 0 Å². The number of hydrogen-bond donors (Lipinski definition) is 0. The van der Waals surface area contributed by atoms with Crippen molar-refractivity contribution in [2.24, 2.45) is 10.9 Å². The number of hydrogen-bond acceptors (Lipinski definition) is 3. The second kappa shape index (κ2) is 5.21. The lowest BCUT2D eigenvalue weighted by Crippen LogP contribution is -2.23. The Balaban J connectivity index is 2.11. The largest absolute Gasteiger partial charge is 0.493 e. The molecule has 0 saturated heterocycles. The number of likely N-dealkylation sites (N-methyl/N-ethyl adjacent to an activating group) is 1. The van der Waals surface area contributed by atoms with Crippen molar-refractivity contribution in [1.82, 2.24) is 4.90 Å². The van der Waals surface area contributed by atoms with Gasteiger partial charge in [0.1, 0.15) is 11.6 Å². The van der Waals surface area contributed by atoms with Crippen LogP contribution in [0, 0.1) is 5.92 Å². The van der Waals surface area contributed by atoms with Crippen LogP contribution in [0.15, 0.2) is 29.3 Å². The Morgan fingerprint density at radius 1 is 1.41 bits per heavy atom. The highest BCUT2D eigenvalue weighted by atomic mass is 16.5. The van der Waals surface area contributed by atoms with Gasteiger partial charge in [-0.1, -0.05) is 26.0 Å². The molecule has 1 heterocycles. The zero-order valence-corrected chi connectivity index (χ0v) is 10.8. The van der Waals surface area contributed by atoms with Gasteiger partial charge in [-0.2, -0.15) is 0 Å². The minimum atomic E-state index is 0.546. The molecule has 1 aromatic carbocycles. The topological polar surface area (TPSA) is 24.8 Å². The molecule has 0 saturated carbocycles. The molecule has 1 aromatic rings. The lowest BCUT2D eigenvalue weighted by atomic mass is 10.2. The van der Waals surface area contributed by atoms with Gasteiger partial charge in [-0.05, 0) is 18.1 Å². The summed E-state index contributed by atoms with van der Waals surface area (Å²) in [4.78, 5) is 6.69. The molecule has 0 radical (unpaired) electrons. The van der Waals surface area contributed by atoms with Crippen LogP contribution in [0.2, 0.25) is 0 Å². The standard InChI is InChI=1S/C14H20N2O/c1-11(2)10-17-13-6-4-5-12(9-13)14-15-7-8-16(14)3/h4-6,9,11H,7-8,10H2,1-3H3. The van der Waals surface area contributed by atoms with Crippen LogP contribution in [-0.4, -0.2) is 37.5 Å². The molecule has 0 bridgehead atoms. The highest BCUT2D eigenvalue weighted by Gasteiger charge is 2.14. The second-order valence-corrected chi connectivity index (χ2v) is 4.86. The Labute approximate surface area is 103 Å². The Hall–Kier alpha value is -1.51. The van der Waals surface area contributed by atoms with Crippen molar-refractivity contribution in [2.45, 2.75) is 13.8 Å². The molecular weight excluding hydrogens is 212 g/mol. The Bertz CT molecular complexity index is 412. The van der Waals surface area contributed by atoms with Crippen molar-refractivity contribution in [2.75, 3.05) is 26.7 Å². The SMILES string of the molecule is CC(C)COc1cccc(C2=NCCN2C)c1. The van der Waals surface area contributed by atoms with Crippen molar-refractivity contribution in [3.63, 3.8) is 0 Å². The maximum Gasteiger partial charge on any atom is 0.130 e. The number of benzene rings is 1. The van der Waals surface area contributed by atoms with Gasteiger partial charge in [0, 0.05) is 19.2 Å². The van der Waals surface area contributed by atoms with E-state index >= 15 is 0 Å². The Morgan fingerprint density at radius 3 is 2.88 bits per heavy atom. The normalized spacial score (nSPS) is 15.3. The summed E-state index contributed by atoms with van der Waals surface area (Å²) in [6.45, 7) is 6.96. The van der Waals surface area contributed by atoms with Crippen molar-refractivity contribution in [1.29, 1.82) is 0 Å². The van der Waals surface area contributed by atoms with Gasteiger partial charge < -0.3 is 9.64 Å². The summed E-state index contributed by atoms with van der Waals surface area (Å²) in [6, 6.07) is 8.19. The van der Waals surface area contributed by atoms with E-state index in [2.05, 4.69) is 42.9 Å². The number of amidine groups is 1. The quantitative estimate of drug-likeness (QED) is 0.796. The summed E-state index contributed by atoms with van der Waals surface area (Å²) in [6.07, 6.45) is 0. The number of ether oxygens (including phenoxy) is 1. The zero-order valence-electron chi connectivity index (χ0n) is 10.8. The first-order valence-electron chi connectivity index (χ1n) is 6.15. The summed E-state index contributed by atoms with van der Waals surface area (Å²) < 4.78 is 5.73. The fraction of sp³-hybridized carbons (Fsp3) is 0.500. The molecule has 3 nitrogen and oxygen atoms in total. The van der Waals surface area contributed by atoms with Crippen LogP contribution in [-0.2, 0) is 0 Å². The molecule has 0 aliphatic carbocycles. The van der Waals surface area contributed by atoms with Gasteiger partial charge in [-0.3, -0.25) is 4.99 Å². The highest BCUT2D eigenvalue weighted by Crippen LogP contribution is 2.17. The smallest absolute Gasteiger partial charge is 0.130 e. The molecule has 0 amide bonds. The predicted molar refractivity (Wildman–Crippen MR) is 70.8 cm³/mol. The van der Waals surface area contributed by atoms with E-state index in [4.69, 9.17) is 4.74 Å². The maximum atomic E-state index is 5.73. The highest BCUT2D eigenvalue weighted by molar-refractivity contribution is 5.99. The van der Waals surface area contributed by atoms with Gasteiger partial charge in [0.25, 0.3) is 0 Å². The summed E-state index contributed by atoms with van der Waals surface area (Å²) in [5.74, 6) is 2.55. The molecule has 0 aromatic heterocycles. The van der Waals surface area contributed by atoms with Crippen molar-refractivity contribution in [3.05, 3.63) is 29.8 Å². The van der Waals surface area contributed by atoms with E-state index in [0.29, 0.717) is 5.92 Å². The molecule has 3 heteroatoms. The van der Waals surface area contributed by atoms with E-state index in [0.717, 1.165) is 36.8 Å². The molecule has 1 aliphatic heterocycles. The Morgan fingerprint density at radius 2 is 2.24 bits per heavy atom. The van der Waals surface area contributed by atoms with Crippen LogP contribution in [0.1, 0.15) is 19.4 Å². The molecule has 0 atom stereocenters. The molecular formula is C14H20N2O. The third-order valence-electron chi connectivity index (χ3n) is 2.73. The van der Waals surface area contributed by atoms with E-state index in [1.165, 1.54) is 0 Å². The Kier molecular flexibility index (Phi) is 3.67. The molecule has 0 unspecified atom stereocenters. The minimum Gasteiger partial charge on any atom is -0.493 e. The molecule has 2 rings (SSSR count). The second-order valence-electron chi connectivity index (χ2n) is 4.86. The molecule has 0 spiro atoms. The van der Waals surface area contributed by atoms with Crippen molar-refractivity contribution >= 4 is 5.84 Å². The van der Waals surface area contributed by atoms with Gasteiger partial charge in [-0.25, -0.2) is 0 Å². The van der Waals surface area contributed by atoms with Crippen LogP contribution in [0.4, 0.5) is 0 Å². The summed E-state index contributed by atoms with van der Waals surface area (Å²) in [5.41, 5.74) is 1.14. The van der Waals surface area contributed by atoms with E-state index in [1.807, 2.05) is 12.1 Å². The first-order valence-corrected chi connectivity index (χ1v) is 6.15. The molecule has 0 N–H and O–H groups in total.